The van der Waals surface area contributed by atoms with Crippen molar-refractivity contribution in [2.45, 2.75) is 258 Å². The summed E-state index contributed by atoms with van der Waals surface area (Å²) in [6.45, 7) is 6.43. The van der Waals surface area contributed by atoms with Crippen LogP contribution in [0.5, 0.6) is 0 Å². The van der Waals surface area contributed by atoms with Crippen LogP contribution in [-0.2, 0) is 28.6 Å². The normalized spacial score (nSPS) is 12.8. The standard InChI is InChI=1S/C61H102O6/c1-4-7-10-13-16-18-20-22-24-26-28-29-30-31-33-34-36-38-40-42-45-48-51-54-60(63)66-57-58(56-65-59(62)53-50-47-44-15-12-9-6-3)67-61(64)55-52-49-46-43-41-39-37-35-32-27-25-23-21-19-17-14-11-8-5-2/h7,10,16-19,22-25,28-29,31,33,36,38,58H,4-6,8-9,11-15,20-21,26-27,30,32,34-35,37,39-57H2,1-3H3/b10-7-,18-16-,19-17-,24-22-,25-23-,29-28-,33-31-,38-36-. The molecule has 0 aromatic carbocycles. The molecule has 0 saturated heterocycles. The molecule has 0 spiro atoms. The summed E-state index contributed by atoms with van der Waals surface area (Å²) in [5.41, 5.74) is 0. The van der Waals surface area contributed by atoms with Gasteiger partial charge in [0.05, 0.1) is 0 Å². The molecular weight excluding hydrogens is 829 g/mol. The first-order valence-electron chi connectivity index (χ1n) is 27.7. The zero-order chi connectivity index (χ0) is 48.6. The molecular formula is C61H102O6. The second-order valence-corrected chi connectivity index (χ2v) is 18.1. The average molecular weight is 931 g/mol. The SMILES string of the molecule is CC/C=C\C/C=C\C/C=C\C/C=C\C/C=C\C/C=C\CCCCCCC(=O)OCC(COC(=O)CCCCCCCCC)OC(=O)CCCCCCCCCCC/C=C\C/C=C\CCCCC. The molecule has 0 aliphatic rings. The van der Waals surface area contributed by atoms with Crippen LogP contribution in [0.3, 0.4) is 0 Å². The Labute approximate surface area is 413 Å². The summed E-state index contributed by atoms with van der Waals surface area (Å²) >= 11 is 0. The number of hydrogen-bond acceptors (Lipinski definition) is 6. The van der Waals surface area contributed by atoms with Gasteiger partial charge in [0, 0.05) is 19.3 Å². The molecule has 67 heavy (non-hydrogen) atoms. The summed E-state index contributed by atoms with van der Waals surface area (Å²) < 4.78 is 16.7. The highest BCUT2D eigenvalue weighted by Gasteiger charge is 2.19. The van der Waals surface area contributed by atoms with Gasteiger partial charge in [-0.25, -0.2) is 0 Å². The Morgan fingerprint density at radius 3 is 0.940 bits per heavy atom. The lowest BCUT2D eigenvalue weighted by Crippen LogP contribution is -2.30. The highest BCUT2D eigenvalue weighted by molar-refractivity contribution is 5.71. The van der Waals surface area contributed by atoms with Crippen LogP contribution in [0.4, 0.5) is 0 Å². The zero-order valence-electron chi connectivity index (χ0n) is 43.6. The predicted molar refractivity (Wildman–Crippen MR) is 288 cm³/mol. The van der Waals surface area contributed by atoms with Gasteiger partial charge in [-0.1, -0.05) is 227 Å². The smallest absolute Gasteiger partial charge is 0.306 e. The third-order valence-corrected chi connectivity index (χ3v) is 11.6. The number of rotatable bonds is 49. The second kappa shape index (κ2) is 54.9. The van der Waals surface area contributed by atoms with Crippen molar-refractivity contribution in [3.63, 3.8) is 0 Å². The Morgan fingerprint density at radius 1 is 0.313 bits per heavy atom. The number of allylic oxidation sites excluding steroid dienone is 16. The van der Waals surface area contributed by atoms with Crippen LogP contribution in [-0.4, -0.2) is 37.2 Å². The van der Waals surface area contributed by atoms with E-state index in [0.29, 0.717) is 19.3 Å². The van der Waals surface area contributed by atoms with Gasteiger partial charge in [0.25, 0.3) is 0 Å². The van der Waals surface area contributed by atoms with Crippen LogP contribution >= 0.6 is 0 Å². The predicted octanol–water partition coefficient (Wildman–Crippen LogP) is 18.5. The number of carbonyl (C=O) groups is 3. The van der Waals surface area contributed by atoms with E-state index < -0.39 is 6.10 Å². The van der Waals surface area contributed by atoms with Crippen LogP contribution in [0.1, 0.15) is 252 Å². The van der Waals surface area contributed by atoms with Crippen molar-refractivity contribution in [3.8, 4) is 0 Å². The molecule has 0 aliphatic heterocycles. The molecule has 1 unspecified atom stereocenters. The molecule has 0 N–H and O–H groups in total. The topological polar surface area (TPSA) is 78.9 Å². The summed E-state index contributed by atoms with van der Waals surface area (Å²) in [5.74, 6) is -0.924. The highest BCUT2D eigenvalue weighted by atomic mass is 16.6. The molecule has 0 amide bonds. The Hall–Kier alpha value is -3.67. The maximum absolute atomic E-state index is 12.8. The zero-order valence-corrected chi connectivity index (χ0v) is 43.6. The van der Waals surface area contributed by atoms with Gasteiger partial charge >= 0.3 is 17.9 Å². The maximum Gasteiger partial charge on any atom is 0.306 e. The quantitative estimate of drug-likeness (QED) is 0.0262. The number of esters is 3. The molecule has 6 heteroatoms. The minimum Gasteiger partial charge on any atom is -0.462 e. The fourth-order valence-electron chi connectivity index (χ4n) is 7.42. The van der Waals surface area contributed by atoms with Crippen LogP contribution in [0.25, 0.3) is 0 Å². The number of hydrogen-bond donors (Lipinski definition) is 0. The Balaban J connectivity index is 4.29. The molecule has 1 atom stereocenters. The van der Waals surface area contributed by atoms with E-state index in [9.17, 15) is 14.4 Å². The van der Waals surface area contributed by atoms with Gasteiger partial charge in [0.15, 0.2) is 6.10 Å². The van der Waals surface area contributed by atoms with Crippen LogP contribution in [0, 0.1) is 0 Å². The van der Waals surface area contributed by atoms with E-state index in [1.54, 1.807) is 0 Å². The average Bonchev–Trinajstić information content (AvgIpc) is 3.33. The van der Waals surface area contributed by atoms with Crippen molar-refractivity contribution >= 4 is 17.9 Å². The van der Waals surface area contributed by atoms with Crippen molar-refractivity contribution in [2.24, 2.45) is 0 Å². The minimum absolute atomic E-state index is 0.0875. The Bertz CT molecular complexity index is 1350. The molecule has 0 radical (unpaired) electrons. The fraction of sp³-hybridized carbons (Fsp3) is 0.689. The second-order valence-electron chi connectivity index (χ2n) is 18.1. The summed E-state index contributed by atoms with van der Waals surface area (Å²) in [6, 6.07) is 0. The van der Waals surface area contributed by atoms with E-state index in [0.717, 1.165) is 116 Å². The van der Waals surface area contributed by atoms with E-state index in [1.165, 1.54) is 96.3 Å². The van der Waals surface area contributed by atoms with Gasteiger partial charge < -0.3 is 14.2 Å². The van der Waals surface area contributed by atoms with Gasteiger partial charge in [-0.15, -0.1) is 0 Å². The van der Waals surface area contributed by atoms with E-state index in [4.69, 9.17) is 14.2 Å². The molecule has 0 heterocycles. The summed E-state index contributed by atoms with van der Waals surface area (Å²) in [4.78, 5) is 37.9. The van der Waals surface area contributed by atoms with Crippen molar-refractivity contribution < 1.29 is 28.6 Å². The molecule has 0 rings (SSSR count). The van der Waals surface area contributed by atoms with Crippen molar-refractivity contribution in [2.75, 3.05) is 13.2 Å². The van der Waals surface area contributed by atoms with Crippen LogP contribution in [0.2, 0.25) is 0 Å². The monoisotopic (exact) mass is 931 g/mol. The molecule has 6 nitrogen and oxygen atoms in total. The maximum atomic E-state index is 12.8. The summed E-state index contributed by atoms with van der Waals surface area (Å²) in [5, 5.41) is 0. The lowest BCUT2D eigenvalue weighted by Gasteiger charge is -2.18. The number of ether oxygens (including phenoxy) is 3. The molecule has 0 aromatic heterocycles. The van der Waals surface area contributed by atoms with Crippen molar-refractivity contribution in [3.05, 3.63) is 97.2 Å². The molecule has 0 bridgehead atoms. The van der Waals surface area contributed by atoms with Gasteiger partial charge in [0.1, 0.15) is 13.2 Å². The van der Waals surface area contributed by atoms with Crippen LogP contribution < -0.4 is 0 Å². The molecule has 382 valence electrons. The first-order valence-corrected chi connectivity index (χ1v) is 27.7. The highest BCUT2D eigenvalue weighted by Crippen LogP contribution is 2.14. The van der Waals surface area contributed by atoms with E-state index in [1.807, 2.05) is 0 Å². The van der Waals surface area contributed by atoms with E-state index >= 15 is 0 Å². The van der Waals surface area contributed by atoms with Gasteiger partial charge in [0.2, 0.25) is 0 Å². The summed E-state index contributed by atoms with van der Waals surface area (Å²) in [7, 11) is 0. The Morgan fingerprint density at radius 2 is 0.582 bits per heavy atom. The van der Waals surface area contributed by atoms with E-state index in [2.05, 4.69) is 118 Å². The number of unbranched alkanes of at least 4 members (excludes halogenated alkanes) is 22. The first kappa shape index (κ1) is 63.3. The van der Waals surface area contributed by atoms with Gasteiger partial charge in [-0.05, 0) is 103 Å². The van der Waals surface area contributed by atoms with Crippen molar-refractivity contribution in [1.29, 1.82) is 0 Å². The largest absolute Gasteiger partial charge is 0.462 e. The minimum atomic E-state index is -0.788. The van der Waals surface area contributed by atoms with Crippen LogP contribution in [0.15, 0.2) is 97.2 Å². The van der Waals surface area contributed by atoms with E-state index in [-0.39, 0.29) is 31.1 Å². The third-order valence-electron chi connectivity index (χ3n) is 11.6. The third kappa shape index (κ3) is 53.2. The lowest BCUT2D eigenvalue weighted by atomic mass is 10.1. The van der Waals surface area contributed by atoms with Gasteiger partial charge in [-0.2, -0.15) is 0 Å². The summed E-state index contributed by atoms with van der Waals surface area (Å²) in [6.07, 6.45) is 72.7. The molecule has 0 aliphatic carbocycles. The molecule has 0 saturated carbocycles. The first-order chi connectivity index (χ1) is 33.0. The molecule has 0 fully saturated rings. The fourth-order valence-corrected chi connectivity index (χ4v) is 7.42. The molecule has 0 aromatic rings. The Kier molecular flexibility index (Phi) is 51.9. The number of carbonyl (C=O) groups excluding carboxylic acids is 3. The van der Waals surface area contributed by atoms with Gasteiger partial charge in [-0.3, -0.25) is 14.4 Å². The van der Waals surface area contributed by atoms with Crippen molar-refractivity contribution in [1.82, 2.24) is 0 Å². The lowest BCUT2D eigenvalue weighted by molar-refractivity contribution is -0.167.